The summed E-state index contributed by atoms with van der Waals surface area (Å²) in [4.78, 5) is 2.05. The van der Waals surface area contributed by atoms with E-state index >= 15 is 0 Å². The summed E-state index contributed by atoms with van der Waals surface area (Å²) in [6.45, 7) is 3.96. The molecule has 1 aliphatic heterocycles. The Bertz CT molecular complexity index is 113. The summed E-state index contributed by atoms with van der Waals surface area (Å²) >= 11 is 0. The van der Waals surface area contributed by atoms with Crippen molar-refractivity contribution in [2.45, 2.75) is 19.1 Å². The van der Waals surface area contributed by atoms with Gasteiger partial charge in [0.15, 0.2) is 0 Å². The Balaban J connectivity index is 0.000001000. The number of hydrogen-bond acceptors (Lipinski definition) is 3. The van der Waals surface area contributed by atoms with Crippen LogP contribution in [0.1, 0.15) is 6.92 Å². The predicted molar refractivity (Wildman–Crippen MR) is 36.7 cm³/mol. The molecule has 1 aliphatic rings. The van der Waals surface area contributed by atoms with E-state index in [1.807, 2.05) is 18.9 Å². The Hall–Kier alpha value is 1.52. The van der Waals surface area contributed by atoms with Crippen LogP contribution >= 0.6 is 0 Å². The van der Waals surface area contributed by atoms with Crippen molar-refractivity contribution in [2.24, 2.45) is 0 Å². The molecule has 1 saturated heterocycles. The molecule has 2 unspecified atom stereocenters. The first kappa shape index (κ1) is 12.5. The van der Waals surface area contributed by atoms with Crippen molar-refractivity contribution >= 4 is 0 Å². The zero-order valence-electron chi connectivity index (χ0n) is 7.54. The van der Waals surface area contributed by atoms with Crippen LogP contribution in [-0.2, 0) is 4.74 Å². The number of rotatable bonds is 2. The zero-order valence-corrected chi connectivity index (χ0v) is 10.7. The number of likely N-dealkylation sites (N-methyl/N-ethyl adjacent to an activating group) is 1. The van der Waals surface area contributed by atoms with Crippen molar-refractivity contribution in [3.05, 3.63) is 0 Å². The minimum Gasteiger partial charge on any atom is -0.849 e. The topological polar surface area (TPSA) is 35.5 Å². The second kappa shape index (κ2) is 6.04. The molecule has 0 aromatic heterocycles. The van der Waals surface area contributed by atoms with Crippen LogP contribution in [0.2, 0.25) is 0 Å². The van der Waals surface area contributed by atoms with E-state index in [9.17, 15) is 5.11 Å². The van der Waals surface area contributed by atoms with Gasteiger partial charge < -0.3 is 14.7 Å². The molecule has 0 aromatic carbocycles. The fourth-order valence-electron chi connectivity index (χ4n) is 1.17. The molecule has 1 heterocycles. The average molecular weight is 183 g/mol. The van der Waals surface area contributed by atoms with Crippen LogP contribution in [0, 0.1) is 0 Å². The van der Waals surface area contributed by atoms with E-state index in [0.717, 1.165) is 6.54 Å². The Labute approximate surface area is 111 Å². The number of ether oxygens (including phenoxy) is 1. The second-order valence-electron chi connectivity index (χ2n) is 2.72. The maximum absolute atomic E-state index is 11.1. The first-order valence-electron chi connectivity index (χ1n) is 3.69. The summed E-state index contributed by atoms with van der Waals surface area (Å²) in [6.07, 6.45) is -0.537. The van der Waals surface area contributed by atoms with E-state index in [4.69, 9.17) is 4.74 Å². The van der Waals surface area contributed by atoms with Crippen molar-refractivity contribution in [3.63, 3.8) is 0 Å². The van der Waals surface area contributed by atoms with Gasteiger partial charge in [-0.2, -0.15) is 0 Å². The normalized spacial score (nSPS) is 30.5. The molecular weight excluding hydrogens is 169 g/mol. The van der Waals surface area contributed by atoms with Gasteiger partial charge in [-0.3, -0.25) is 0 Å². The van der Waals surface area contributed by atoms with E-state index in [0.29, 0.717) is 13.2 Å². The molecule has 0 amide bonds. The molecular formula is C7H14KNO2. The van der Waals surface area contributed by atoms with Crippen molar-refractivity contribution in [3.8, 4) is 0 Å². The summed E-state index contributed by atoms with van der Waals surface area (Å²) in [5.74, 6) is 0. The molecule has 0 bridgehead atoms. The third-order valence-corrected chi connectivity index (χ3v) is 2.06. The second-order valence-corrected chi connectivity index (χ2v) is 2.72. The van der Waals surface area contributed by atoms with E-state index in [-0.39, 0.29) is 57.4 Å². The Morgan fingerprint density at radius 3 is 2.55 bits per heavy atom. The van der Waals surface area contributed by atoms with Gasteiger partial charge in [-0.15, -0.1) is 0 Å². The monoisotopic (exact) mass is 183 g/mol. The molecule has 3 nitrogen and oxygen atoms in total. The molecule has 0 radical (unpaired) electrons. The third-order valence-electron chi connectivity index (χ3n) is 2.06. The Morgan fingerprint density at radius 2 is 2.18 bits per heavy atom. The van der Waals surface area contributed by atoms with E-state index in [1.54, 1.807) is 0 Å². The fourth-order valence-corrected chi connectivity index (χ4v) is 1.17. The largest absolute Gasteiger partial charge is 1.00 e. The fraction of sp³-hybridized carbons (Fsp3) is 1.00. The molecule has 1 fully saturated rings. The van der Waals surface area contributed by atoms with Crippen LogP contribution in [0.3, 0.4) is 0 Å². The minimum atomic E-state index is -0.537. The van der Waals surface area contributed by atoms with Gasteiger partial charge in [0.05, 0.1) is 6.61 Å². The maximum atomic E-state index is 11.1. The van der Waals surface area contributed by atoms with Crippen LogP contribution in [-0.4, -0.2) is 43.9 Å². The van der Waals surface area contributed by atoms with Crippen LogP contribution in [0.4, 0.5) is 0 Å². The number of hydrogen-bond donors (Lipinski definition) is 0. The van der Waals surface area contributed by atoms with E-state index in [1.165, 1.54) is 0 Å². The average Bonchev–Trinajstić information content (AvgIpc) is 2.34. The van der Waals surface area contributed by atoms with Crippen LogP contribution in [0.5, 0.6) is 0 Å². The molecule has 11 heavy (non-hydrogen) atoms. The van der Waals surface area contributed by atoms with Gasteiger partial charge in [-0.1, -0.05) is 13.0 Å². The standard InChI is InChI=1S/C7H14NO2.K/c1-3-8(2)6-4-10-5-7(6)9;/h6-7H,3-5H2,1-2H3;/q-1;+1. The van der Waals surface area contributed by atoms with Crippen molar-refractivity contribution in [1.82, 2.24) is 4.90 Å². The van der Waals surface area contributed by atoms with Gasteiger partial charge in [0.25, 0.3) is 0 Å². The molecule has 0 spiro atoms. The Kier molecular flexibility index (Phi) is 6.88. The summed E-state index contributed by atoms with van der Waals surface area (Å²) in [7, 11) is 1.96. The molecule has 2 atom stereocenters. The summed E-state index contributed by atoms with van der Waals surface area (Å²) in [5, 5.41) is 11.1. The quantitative estimate of drug-likeness (QED) is 0.410. The summed E-state index contributed by atoms with van der Waals surface area (Å²) in [5.41, 5.74) is 0. The predicted octanol–water partition coefficient (Wildman–Crippen LogP) is -3.93. The molecule has 4 heteroatoms. The molecule has 0 N–H and O–H groups in total. The first-order chi connectivity index (χ1) is 4.75. The van der Waals surface area contributed by atoms with Gasteiger partial charge in [-0.25, -0.2) is 0 Å². The van der Waals surface area contributed by atoms with Crippen molar-refractivity contribution < 1.29 is 61.2 Å². The molecule has 0 aromatic rings. The summed E-state index contributed by atoms with van der Waals surface area (Å²) in [6, 6.07) is 0.102. The maximum Gasteiger partial charge on any atom is 1.00 e. The van der Waals surface area contributed by atoms with E-state index < -0.39 is 6.10 Å². The zero-order chi connectivity index (χ0) is 7.56. The van der Waals surface area contributed by atoms with Gasteiger partial charge >= 0.3 is 51.4 Å². The summed E-state index contributed by atoms with van der Waals surface area (Å²) < 4.78 is 5.04. The van der Waals surface area contributed by atoms with Gasteiger partial charge in [0.1, 0.15) is 0 Å². The van der Waals surface area contributed by atoms with Gasteiger partial charge in [0.2, 0.25) is 0 Å². The van der Waals surface area contributed by atoms with Gasteiger partial charge in [0, 0.05) is 12.6 Å². The molecule has 0 saturated carbocycles. The molecule has 60 valence electrons. The molecule has 0 aliphatic carbocycles. The SMILES string of the molecule is CCN(C)C1COCC1[O-].[K+]. The number of nitrogens with zero attached hydrogens (tertiary/aromatic N) is 1. The smallest absolute Gasteiger partial charge is 0.849 e. The van der Waals surface area contributed by atoms with Crippen LogP contribution in [0.25, 0.3) is 0 Å². The van der Waals surface area contributed by atoms with Crippen LogP contribution in [0.15, 0.2) is 0 Å². The third kappa shape index (κ3) is 3.40. The van der Waals surface area contributed by atoms with Crippen molar-refractivity contribution in [2.75, 3.05) is 26.8 Å². The minimum absolute atomic E-state index is 0. The van der Waals surface area contributed by atoms with E-state index in [2.05, 4.69) is 0 Å². The Morgan fingerprint density at radius 1 is 1.55 bits per heavy atom. The van der Waals surface area contributed by atoms with Crippen LogP contribution < -0.4 is 56.5 Å². The van der Waals surface area contributed by atoms with Gasteiger partial charge in [-0.05, 0) is 13.6 Å². The van der Waals surface area contributed by atoms with Crippen molar-refractivity contribution in [1.29, 1.82) is 0 Å². The molecule has 1 rings (SSSR count). The first-order valence-corrected chi connectivity index (χ1v) is 3.69.